The second-order valence-electron chi connectivity index (χ2n) is 33.0. The van der Waals surface area contributed by atoms with E-state index < -0.39 is 26.5 Å². The van der Waals surface area contributed by atoms with Crippen molar-refractivity contribution in [3.8, 4) is 0 Å². The maximum atomic E-state index is 13.0. The third-order valence-electron chi connectivity index (χ3n) is 21.3. The number of nitrogens with zero attached hydrogens (tertiary/aromatic N) is 1. The van der Waals surface area contributed by atoms with E-state index in [0.29, 0.717) is 23.9 Å². The molecule has 104 heavy (non-hydrogen) atoms. The Balaban J connectivity index is 3.82. The van der Waals surface area contributed by atoms with E-state index in [2.05, 4.69) is 62.5 Å². The van der Waals surface area contributed by atoms with E-state index in [-0.39, 0.29) is 25.6 Å². The van der Waals surface area contributed by atoms with E-state index in [4.69, 9.17) is 18.5 Å². The van der Waals surface area contributed by atoms with Crippen molar-refractivity contribution < 1.29 is 42.1 Å². The number of carbonyl (C=O) groups is 2. The molecule has 0 spiro atoms. The Labute approximate surface area is 649 Å². The number of rotatable bonds is 88. The molecule has 0 saturated carbocycles. The van der Waals surface area contributed by atoms with Gasteiger partial charge in [0.05, 0.1) is 27.7 Å². The van der Waals surface area contributed by atoms with Gasteiger partial charge in [-0.25, -0.2) is 4.57 Å². The fourth-order valence-electron chi connectivity index (χ4n) is 14.3. The van der Waals surface area contributed by atoms with Gasteiger partial charge in [0.25, 0.3) is 0 Å². The van der Waals surface area contributed by atoms with E-state index in [9.17, 15) is 19.0 Å². The number of phosphoric ester groups is 1. The summed E-state index contributed by atoms with van der Waals surface area (Å²) in [6.45, 7) is 4.51. The fraction of sp³-hybridized carbons (Fsp3) is 0.894. The number of allylic oxidation sites excluding steroid dienone is 8. The SMILES string of the molecule is CCCCCCC/C=C\C/C=C\C/C=C\CCCCCCCCCCCCCCCCCCCCCCCCCCC(=O)OC(COC(=O)CCCCCCCCCCCCCCCCCCCCCCCCCCCCCCC/C=C\CCCCCCCCCC)COP(=O)(O)OCC[N+](C)(C)C. The third-order valence-corrected chi connectivity index (χ3v) is 22.3. The second-order valence-corrected chi connectivity index (χ2v) is 34.5. The zero-order chi connectivity index (χ0) is 75.4. The first-order valence-electron chi connectivity index (χ1n) is 46.4. The van der Waals surface area contributed by atoms with Crippen molar-refractivity contribution >= 4 is 19.8 Å². The molecule has 0 aromatic carbocycles. The Kier molecular flexibility index (Phi) is 83.3. The first kappa shape index (κ1) is 102. The molecule has 0 rings (SSSR count). The lowest BCUT2D eigenvalue weighted by Gasteiger charge is -2.24. The van der Waals surface area contributed by atoms with E-state index >= 15 is 0 Å². The molecule has 0 aromatic rings. The zero-order valence-electron chi connectivity index (χ0n) is 70.5. The van der Waals surface area contributed by atoms with Crippen LogP contribution in [0.2, 0.25) is 0 Å². The Morgan fingerprint density at radius 2 is 0.519 bits per heavy atom. The number of unbranched alkanes of at least 4 members (excludes halogenated alkanes) is 66. The minimum atomic E-state index is -4.40. The first-order valence-corrected chi connectivity index (χ1v) is 47.9. The molecule has 0 amide bonds. The molecule has 10 heteroatoms. The summed E-state index contributed by atoms with van der Waals surface area (Å²) in [6.07, 6.45) is 115. The van der Waals surface area contributed by atoms with Gasteiger partial charge in [-0.2, -0.15) is 0 Å². The molecule has 2 unspecified atom stereocenters. The van der Waals surface area contributed by atoms with Gasteiger partial charge in [0, 0.05) is 12.8 Å². The van der Waals surface area contributed by atoms with Gasteiger partial charge in [-0.3, -0.25) is 18.6 Å². The zero-order valence-corrected chi connectivity index (χ0v) is 71.4. The van der Waals surface area contributed by atoms with Crippen LogP contribution >= 0.6 is 7.82 Å². The Hall–Kier alpha value is -2.03. The predicted molar refractivity (Wildman–Crippen MR) is 455 cm³/mol. The van der Waals surface area contributed by atoms with Crippen molar-refractivity contribution in [2.45, 2.75) is 495 Å². The van der Waals surface area contributed by atoms with Crippen LogP contribution in [-0.2, 0) is 32.7 Å². The Morgan fingerprint density at radius 3 is 0.779 bits per heavy atom. The molecule has 9 nitrogen and oxygen atoms in total. The number of ether oxygens (including phenoxy) is 2. The van der Waals surface area contributed by atoms with E-state index in [1.165, 1.54) is 411 Å². The molecule has 1 N–H and O–H groups in total. The normalized spacial score (nSPS) is 13.1. The number of phosphoric acid groups is 1. The molecule has 0 fully saturated rings. The van der Waals surface area contributed by atoms with Crippen LogP contribution in [0.15, 0.2) is 48.6 Å². The molecular formula is C94H181NO8P+. The molecule has 0 radical (unpaired) electrons. The van der Waals surface area contributed by atoms with Gasteiger partial charge in [-0.15, -0.1) is 0 Å². The highest BCUT2D eigenvalue weighted by molar-refractivity contribution is 7.47. The van der Waals surface area contributed by atoms with E-state index in [1.54, 1.807) is 0 Å². The smallest absolute Gasteiger partial charge is 0.462 e. The lowest BCUT2D eigenvalue weighted by Crippen LogP contribution is -2.37. The van der Waals surface area contributed by atoms with Gasteiger partial charge in [-0.1, -0.05) is 448 Å². The van der Waals surface area contributed by atoms with Crippen LogP contribution in [0.1, 0.15) is 489 Å². The Bertz CT molecular complexity index is 1890. The van der Waals surface area contributed by atoms with Crippen molar-refractivity contribution in [2.24, 2.45) is 0 Å². The van der Waals surface area contributed by atoms with Crippen LogP contribution in [0.3, 0.4) is 0 Å². The molecule has 0 aromatic heterocycles. The summed E-state index contributed by atoms with van der Waals surface area (Å²) >= 11 is 0. The molecule has 0 aliphatic carbocycles. The number of esters is 2. The maximum absolute atomic E-state index is 13.0. The van der Waals surface area contributed by atoms with Crippen LogP contribution in [0.5, 0.6) is 0 Å². The maximum Gasteiger partial charge on any atom is 0.472 e. The van der Waals surface area contributed by atoms with Crippen LogP contribution in [0.4, 0.5) is 0 Å². The minimum Gasteiger partial charge on any atom is -0.462 e. The Morgan fingerprint density at radius 1 is 0.298 bits per heavy atom. The molecule has 0 bridgehead atoms. The molecular weight excluding hydrogens is 1300 g/mol. The summed E-state index contributed by atoms with van der Waals surface area (Å²) in [6, 6.07) is 0. The highest BCUT2D eigenvalue weighted by Gasteiger charge is 2.27. The quantitative estimate of drug-likeness (QED) is 0.0211. The molecule has 2 atom stereocenters. The molecule has 0 aliphatic heterocycles. The lowest BCUT2D eigenvalue weighted by atomic mass is 10.0. The second kappa shape index (κ2) is 85.0. The first-order chi connectivity index (χ1) is 51.0. The molecule has 0 aliphatic rings. The van der Waals surface area contributed by atoms with Gasteiger partial charge in [0.2, 0.25) is 0 Å². The number of hydrogen-bond acceptors (Lipinski definition) is 7. The number of quaternary nitrogens is 1. The summed E-state index contributed by atoms with van der Waals surface area (Å²) in [7, 11) is 1.51. The topological polar surface area (TPSA) is 108 Å². The minimum absolute atomic E-state index is 0.0354. The summed E-state index contributed by atoms with van der Waals surface area (Å²) in [4.78, 5) is 36.1. The summed E-state index contributed by atoms with van der Waals surface area (Å²) < 4.78 is 34.9. The van der Waals surface area contributed by atoms with Crippen molar-refractivity contribution in [3.05, 3.63) is 48.6 Å². The number of hydrogen-bond donors (Lipinski definition) is 1. The highest BCUT2D eigenvalue weighted by atomic mass is 31.2. The van der Waals surface area contributed by atoms with Gasteiger partial charge in [0.1, 0.15) is 19.8 Å². The molecule has 614 valence electrons. The predicted octanol–water partition coefficient (Wildman–Crippen LogP) is 31.4. The molecule has 0 saturated heterocycles. The van der Waals surface area contributed by atoms with Gasteiger partial charge >= 0.3 is 19.8 Å². The van der Waals surface area contributed by atoms with Crippen molar-refractivity contribution in [2.75, 3.05) is 47.5 Å². The van der Waals surface area contributed by atoms with Crippen LogP contribution < -0.4 is 0 Å². The van der Waals surface area contributed by atoms with Gasteiger partial charge in [-0.05, 0) is 77.0 Å². The number of likely N-dealkylation sites (N-methyl/N-ethyl adjacent to an activating group) is 1. The summed E-state index contributed by atoms with van der Waals surface area (Å²) in [5, 5.41) is 0. The molecule has 0 heterocycles. The average molecular weight is 1480 g/mol. The van der Waals surface area contributed by atoms with Crippen molar-refractivity contribution in [1.29, 1.82) is 0 Å². The van der Waals surface area contributed by atoms with Crippen LogP contribution in [0, 0.1) is 0 Å². The third kappa shape index (κ3) is 88.9. The number of carbonyl (C=O) groups excluding carboxylic acids is 2. The fourth-order valence-corrected chi connectivity index (χ4v) is 15.0. The highest BCUT2D eigenvalue weighted by Crippen LogP contribution is 2.43. The standard InChI is InChI=1S/C94H180NO8P/c1-6-8-10-12-14-16-18-20-22-24-26-28-30-32-34-36-38-40-42-44-46-47-49-50-52-54-56-58-60-62-64-66-68-70-72-74-76-78-80-82-84-86-93(96)100-90-92(91-102-104(98,99)101-89-88-95(3,4)5)103-94(97)87-85-83-81-79-77-75-73-71-69-67-65-63-61-59-57-55-53-51-48-45-43-41-39-37-35-33-31-29-27-25-23-21-19-17-15-13-11-9-7-2/h19,21,24-27,31,33,92H,6-18,20,22-23,28-30,32,34-91H2,1-5H3/p+1/b21-19-,26-24-,27-25-,33-31-. The lowest BCUT2D eigenvalue weighted by molar-refractivity contribution is -0.870. The monoisotopic (exact) mass is 1480 g/mol. The van der Waals surface area contributed by atoms with E-state index in [0.717, 1.165) is 44.9 Å². The van der Waals surface area contributed by atoms with Crippen molar-refractivity contribution in [3.63, 3.8) is 0 Å². The summed E-state index contributed by atoms with van der Waals surface area (Å²) in [5.41, 5.74) is 0. The van der Waals surface area contributed by atoms with Crippen LogP contribution in [0.25, 0.3) is 0 Å². The van der Waals surface area contributed by atoms with Crippen LogP contribution in [-0.4, -0.2) is 74.9 Å². The van der Waals surface area contributed by atoms with E-state index in [1.807, 2.05) is 21.1 Å². The largest absolute Gasteiger partial charge is 0.472 e. The van der Waals surface area contributed by atoms with Gasteiger partial charge in [0.15, 0.2) is 6.10 Å². The average Bonchev–Trinajstić information content (AvgIpc) is 0.915. The summed E-state index contributed by atoms with van der Waals surface area (Å²) in [5.74, 6) is -0.768. The van der Waals surface area contributed by atoms with Crippen molar-refractivity contribution in [1.82, 2.24) is 0 Å². The van der Waals surface area contributed by atoms with Gasteiger partial charge < -0.3 is 18.9 Å².